The molecule has 0 aromatic heterocycles. The molecule has 2 aliphatic heterocycles. The van der Waals surface area contributed by atoms with Crippen molar-refractivity contribution in [3.63, 3.8) is 0 Å². The fourth-order valence-electron chi connectivity index (χ4n) is 3.53. The highest BCUT2D eigenvalue weighted by Crippen LogP contribution is 2.44. The van der Waals surface area contributed by atoms with Crippen LogP contribution in [0.3, 0.4) is 0 Å². The van der Waals surface area contributed by atoms with E-state index in [1.165, 1.54) is 38.9 Å². The van der Waals surface area contributed by atoms with Gasteiger partial charge in [0.2, 0.25) is 0 Å². The Morgan fingerprint density at radius 3 is 2.82 bits per heavy atom. The second kappa shape index (κ2) is 4.52. The van der Waals surface area contributed by atoms with Crippen molar-refractivity contribution in [3.05, 3.63) is 0 Å². The molecule has 2 heterocycles. The van der Waals surface area contributed by atoms with Crippen LogP contribution in [-0.4, -0.2) is 49.3 Å². The van der Waals surface area contributed by atoms with Gasteiger partial charge in [0.1, 0.15) is 0 Å². The van der Waals surface area contributed by atoms with Crippen LogP contribution in [0.25, 0.3) is 0 Å². The predicted octanol–water partition coefficient (Wildman–Crippen LogP) is 1.49. The number of piperazine rings is 1. The highest BCUT2D eigenvalue weighted by molar-refractivity contribution is 5.04. The third-order valence-electron chi connectivity index (χ3n) is 4.98. The van der Waals surface area contributed by atoms with E-state index in [2.05, 4.69) is 24.1 Å². The minimum Gasteiger partial charge on any atom is -0.381 e. The molecule has 1 N–H and O–H groups in total. The van der Waals surface area contributed by atoms with E-state index in [-0.39, 0.29) is 0 Å². The maximum absolute atomic E-state index is 5.53. The van der Waals surface area contributed by atoms with Gasteiger partial charge in [-0.1, -0.05) is 0 Å². The number of ether oxygens (including phenoxy) is 1. The second-order valence-corrected chi connectivity index (χ2v) is 6.55. The van der Waals surface area contributed by atoms with E-state index in [4.69, 9.17) is 4.74 Å². The number of hydrogen-bond acceptors (Lipinski definition) is 3. The van der Waals surface area contributed by atoms with Crippen LogP contribution in [0.4, 0.5) is 0 Å². The Kier molecular flexibility index (Phi) is 3.18. The molecule has 3 heteroatoms. The van der Waals surface area contributed by atoms with Crippen molar-refractivity contribution >= 4 is 0 Å². The van der Waals surface area contributed by atoms with Gasteiger partial charge in [-0.25, -0.2) is 0 Å². The fourth-order valence-corrected chi connectivity index (χ4v) is 3.53. The molecule has 3 aliphatic rings. The van der Waals surface area contributed by atoms with Crippen LogP contribution >= 0.6 is 0 Å². The average Bonchev–Trinajstić information content (AvgIpc) is 3.05. The largest absolute Gasteiger partial charge is 0.381 e. The highest BCUT2D eigenvalue weighted by Gasteiger charge is 2.48. The second-order valence-electron chi connectivity index (χ2n) is 6.55. The number of nitrogens with zero attached hydrogens (tertiary/aromatic N) is 1. The van der Waals surface area contributed by atoms with Gasteiger partial charge >= 0.3 is 0 Å². The van der Waals surface area contributed by atoms with E-state index < -0.39 is 0 Å². The van der Waals surface area contributed by atoms with Crippen molar-refractivity contribution in [1.82, 2.24) is 10.2 Å². The Balaban J connectivity index is 1.67. The van der Waals surface area contributed by atoms with E-state index in [9.17, 15) is 0 Å². The molecule has 3 nitrogen and oxygen atoms in total. The van der Waals surface area contributed by atoms with E-state index in [1.807, 2.05) is 0 Å². The molecule has 2 saturated heterocycles. The van der Waals surface area contributed by atoms with Crippen molar-refractivity contribution in [2.45, 2.75) is 44.7 Å². The van der Waals surface area contributed by atoms with Gasteiger partial charge in [-0.05, 0) is 44.9 Å². The van der Waals surface area contributed by atoms with Crippen molar-refractivity contribution in [2.75, 3.05) is 32.8 Å². The van der Waals surface area contributed by atoms with Crippen LogP contribution in [0.15, 0.2) is 0 Å². The Morgan fingerprint density at radius 2 is 2.18 bits per heavy atom. The first kappa shape index (κ1) is 11.9. The number of rotatable bonds is 3. The Labute approximate surface area is 105 Å². The summed E-state index contributed by atoms with van der Waals surface area (Å²) in [5, 5.41) is 3.68. The summed E-state index contributed by atoms with van der Waals surface area (Å²) in [6.45, 7) is 10.4. The molecule has 3 rings (SSSR count). The maximum atomic E-state index is 5.53. The third kappa shape index (κ3) is 2.38. The van der Waals surface area contributed by atoms with Gasteiger partial charge < -0.3 is 10.1 Å². The quantitative estimate of drug-likeness (QED) is 0.806. The maximum Gasteiger partial charge on any atom is 0.0507 e. The van der Waals surface area contributed by atoms with Gasteiger partial charge in [0.25, 0.3) is 0 Å². The predicted molar refractivity (Wildman–Crippen MR) is 69.1 cm³/mol. The van der Waals surface area contributed by atoms with Crippen molar-refractivity contribution in [3.8, 4) is 0 Å². The molecule has 17 heavy (non-hydrogen) atoms. The molecular weight excluding hydrogens is 212 g/mol. The van der Waals surface area contributed by atoms with Crippen LogP contribution in [0, 0.1) is 11.8 Å². The lowest BCUT2D eigenvalue weighted by molar-refractivity contribution is 0.0232. The van der Waals surface area contributed by atoms with E-state index in [1.54, 1.807) is 0 Å². The van der Waals surface area contributed by atoms with E-state index >= 15 is 0 Å². The van der Waals surface area contributed by atoms with Crippen molar-refractivity contribution in [1.29, 1.82) is 0 Å². The van der Waals surface area contributed by atoms with Crippen molar-refractivity contribution < 1.29 is 4.74 Å². The summed E-state index contributed by atoms with van der Waals surface area (Å²) in [5.41, 5.74) is 0.412. The van der Waals surface area contributed by atoms with E-state index in [0.717, 1.165) is 25.0 Å². The van der Waals surface area contributed by atoms with Crippen LogP contribution in [0.2, 0.25) is 0 Å². The summed E-state index contributed by atoms with van der Waals surface area (Å²) in [4.78, 5) is 2.77. The van der Waals surface area contributed by atoms with Gasteiger partial charge in [0.05, 0.1) is 6.61 Å². The van der Waals surface area contributed by atoms with Gasteiger partial charge in [-0.3, -0.25) is 4.90 Å². The molecule has 1 saturated carbocycles. The van der Waals surface area contributed by atoms with Crippen LogP contribution < -0.4 is 5.32 Å². The number of hydrogen-bond donors (Lipinski definition) is 1. The summed E-state index contributed by atoms with van der Waals surface area (Å²) in [5.74, 6) is 1.71. The fraction of sp³-hybridized carbons (Fsp3) is 1.00. The first-order valence-electron chi connectivity index (χ1n) is 7.24. The van der Waals surface area contributed by atoms with Gasteiger partial charge in [0, 0.05) is 37.8 Å². The minimum atomic E-state index is 0.412. The molecule has 0 radical (unpaired) electrons. The van der Waals surface area contributed by atoms with Crippen LogP contribution in [0.5, 0.6) is 0 Å². The SMILES string of the molecule is CC1CN(CC2CCOC2)C(C)(C2CC2)CN1. The topological polar surface area (TPSA) is 24.5 Å². The molecule has 0 bridgehead atoms. The standard InChI is InChI=1S/C14H26N2O/c1-11-7-16(8-12-5-6-17-9-12)14(2,10-15-11)13-3-4-13/h11-13,15H,3-10H2,1-2H3. The molecule has 0 spiro atoms. The molecule has 0 aromatic carbocycles. The molecule has 3 atom stereocenters. The smallest absolute Gasteiger partial charge is 0.0507 e. The summed E-state index contributed by atoms with van der Waals surface area (Å²) in [6.07, 6.45) is 4.13. The van der Waals surface area contributed by atoms with Crippen LogP contribution in [-0.2, 0) is 4.74 Å². The first-order valence-corrected chi connectivity index (χ1v) is 7.24. The zero-order valence-corrected chi connectivity index (χ0v) is 11.2. The lowest BCUT2D eigenvalue weighted by Crippen LogP contribution is -2.64. The summed E-state index contributed by atoms with van der Waals surface area (Å²) in [7, 11) is 0. The van der Waals surface area contributed by atoms with Gasteiger partial charge in [0.15, 0.2) is 0 Å². The molecule has 1 aliphatic carbocycles. The molecule has 0 amide bonds. The molecule has 0 aromatic rings. The Hall–Kier alpha value is -0.120. The Bertz CT molecular complexity index is 273. The normalized spacial score (nSPS) is 44.1. The zero-order valence-electron chi connectivity index (χ0n) is 11.2. The monoisotopic (exact) mass is 238 g/mol. The average molecular weight is 238 g/mol. The highest BCUT2D eigenvalue weighted by atomic mass is 16.5. The summed E-state index contributed by atoms with van der Waals surface area (Å²) >= 11 is 0. The lowest BCUT2D eigenvalue weighted by atomic mass is 9.88. The third-order valence-corrected chi connectivity index (χ3v) is 4.98. The summed E-state index contributed by atoms with van der Waals surface area (Å²) in [6, 6.07) is 0.643. The Morgan fingerprint density at radius 1 is 1.35 bits per heavy atom. The van der Waals surface area contributed by atoms with Gasteiger partial charge in [-0.2, -0.15) is 0 Å². The van der Waals surface area contributed by atoms with Crippen molar-refractivity contribution in [2.24, 2.45) is 11.8 Å². The first-order chi connectivity index (χ1) is 8.18. The van der Waals surface area contributed by atoms with Gasteiger partial charge in [-0.15, -0.1) is 0 Å². The molecule has 3 unspecified atom stereocenters. The number of nitrogens with one attached hydrogen (secondary N) is 1. The van der Waals surface area contributed by atoms with Crippen LogP contribution in [0.1, 0.15) is 33.1 Å². The zero-order chi connectivity index (χ0) is 11.9. The lowest BCUT2D eigenvalue weighted by Gasteiger charge is -2.49. The molecule has 3 fully saturated rings. The molecular formula is C14H26N2O. The summed E-state index contributed by atoms with van der Waals surface area (Å²) < 4.78 is 5.53. The molecule has 98 valence electrons. The minimum absolute atomic E-state index is 0.412. The van der Waals surface area contributed by atoms with E-state index in [0.29, 0.717) is 11.6 Å².